The summed E-state index contributed by atoms with van der Waals surface area (Å²) in [6, 6.07) is 9.87. The minimum atomic E-state index is 0.0913. The van der Waals surface area contributed by atoms with Crippen molar-refractivity contribution in [2.45, 2.75) is 23.7 Å². The fourth-order valence-corrected chi connectivity index (χ4v) is 3.42. The van der Waals surface area contributed by atoms with E-state index in [4.69, 9.17) is 11.5 Å². The SMILES string of the molecule is C#Cc1cnc(-c2cccc(SNCCO)c2)nc1Nc1cc(C2CC2)[nH]n1. The molecule has 0 atom stereocenters. The van der Waals surface area contributed by atoms with Crippen LogP contribution >= 0.6 is 11.9 Å². The van der Waals surface area contributed by atoms with Crippen LogP contribution in [0.2, 0.25) is 0 Å². The van der Waals surface area contributed by atoms with Crippen LogP contribution in [0.4, 0.5) is 11.6 Å². The molecule has 28 heavy (non-hydrogen) atoms. The molecule has 2 heterocycles. The van der Waals surface area contributed by atoms with Gasteiger partial charge in [-0.3, -0.25) is 9.82 Å². The first-order valence-electron chi connectivity index (χ1n) is 9.04. The Hall–Kier alpha value is -2.86. The maximum absolute atomic E-state index is 8.89. The van der Waals surface area contributed by atoms with Gasteiger partial charge >= 0.3 is 0 Å². The molecule has 1 saturated carbocycles. The molecule has 2 aromatic heterocycles. The zero-order valence-electron chi connectivity index (χ0n) is 15.1. The van der Waals surface area contributed by atoms with E-state index in [1.165, 1.54) is 24.8 Å². The molecule has 142 valence electrons. The number of aliphatic hydroxyl groups excluding tert-OH is 1. The normalized spacial score (nSPS) is 13.3. The van der Waals surface area contributed by atoms with Gasteiger partial charge in [0.2, 0.25) is 0 Å². The molecule has 0 spiro atoms. The molecular weight excluding hydrogens is 372 g/mol. The van der Waals surface area contributed by atoms with Crippen LogP contribution in [0.1, 0.15) is 30.0 Å². The van der Waals surface area contributed by atoms with Crippen LogP contribution in [0.5, 0.6) is 0 Å². The maximum Gasteiger partial charge on any atom is 0.161 e. The predicted molar refractivity (Wildman–Crippen MR) is 110 cm³/mol. The Balaban J connectivity index is 1.57. The smallest absolute Gasteiger partial charge is 0.161 e. The molecule has 1 fully saturated rings. The minimum absolute atomic E-state index is 0.0913. The van der Waals surface area contributed by atoms with Gasteiger partial charge in [0.05, 0.1) is 12.2 Å². The Morgan fingerprint density at radius 3 is 3.00 bits per heavy atom. The number of terminal acetylenes is 1. The number of aliphatic hydroxyl groups is 1. The summed E-state index contributed by atoms with van der Waals surface area (Å²) in [5, 5.41) is 19.5. The average molecular weight is 392 g/mol. The lowest BCUT2D eigenvalue weighted by Crippen LogP contribution is -2.08. The lowest BCUT2D eigenvalue weighted by molar-refractivity contribution is 0.302. The van der Waals surface area contributed by atoms with Gasteiger partial charge in [0.25, 0.3) is 0 Å². The first-order chi connectivity index (χ1) is 13.8. The van der Waals surface area contributed by atoms with E-state index in [-0.39, 0.29) is 6.61 Å². The van der Waals surface area contributed by atoms with E-state index in [0.717, 1.165) is 16.2 Å². The van der Waals surface area contributed by atoms with Crippen molar-refractivity contribution >= 4 is 23.6 Å². The van der Waals surface area contributed by atoms with Crippen molar-refractivity contribution in [3.63, 3.8) is 0 Å². The molecule has 1 aliphatic rings. The van der Waals surface area contributed by atoms with Crippen molar-refractivity contribution in [1.82, 2.24) is 24.9 Å². The number of nitrogens with one attached hydrogen (secondary N) is 3. The maximum atomic E-state index is 8.89. The predicted octanol–water partition coefficient (Wildman–Crippen LogP) is 3.06. The number of H-pyrrole nitrogens is 1. The molecule has 0 saturated heterocycles. The van der Waals surface area contributed by atoms with Gasteiger partial charge in [-0.1, -0.05) is 18.1 Å². The summed E-state index contributed by atoms with van der Waals surface area (Å²) in [7, 11) is 0. The van der Waals surface area contributed by atoms with Gasteiger partial charge in [0.1, 0.15) is 0 Å². The minimum Gasteiger partial charge on any atom is -0.395 e. The van der Waals surface area contributed by atoms with Gasteiger partial charge in [-0.15, -0.1) is 6.42 Å². The number of rotatable bonds is 8. The fourth-order valence-electron chi connectivity index (χ4n) is 2.73. The Bertz CT molecular complexity index is 1010. The average Bonchev–Trinajstić information content (AvgIpc) is 3.48. The summed E-state index contributed by atoms with van der Waals surface area (Å²) < 4.78 is 3.08. The second-order valence-electron chi connectivity index (χ2n) is 6.46. The quantitative estimate of drug-likeness (QED) is 0.266. The Morgan fingerprint density at radius 2 is 2.21 bits per heavy atom. The molecule has 1 aliphatic carbocycles. The van der Waals surface area contributed by atoms with Crippen LogP contribution in [0.25, 0.3) is 11.4 Å². The molecule has 0 bridgehead atoms. The first-order valence-corrected chi connectivity index (χ1v) is 9.85. The lowest BCUT2D eigenvalue weighted by atomic mass is 10.2. The van der Waals surface area contributed by atoms with Gasteiger partial charge in [-0.05, 0) is 36.9 Å². The van der Waals surface area contributed by atoms with Crippen molar-refractivity contribution in [3.05, 3.63) is 47.8 Å². The number of aromatic amines is 1. The summed E-state index contributed by atoms with van der Waals surface area (Å²) in [4.78, 5) is 10.0. The van der Waals surface area contributed by atoms with Crippen LogP contribution in [0.3, 0.4) is 0 Å². The van der Waals surface area contributed by atoms with E-state index in [9.17, 15) is 0 Å². The highest BCUT2D eigenvalue weighted by Gasteiger charge is 2.25. The van der Waals surface area contributed by atoms with Crippen molar-refractivity contribution in [2.24, 2.45) is 0 Å². The second kappa shape index (κ2) is 8.44. The van der Waals surface area contributed by atoms with Gasteiger partial charge in [0.15, 0.2) is 17.5 Å². The van der Waals surface area contributed by atoms with E-state index in [1.54, 1.807) is 6.20 Å². The van der Waals surface area contributed by atoms with E-state index >= 15 is 0 Å². The lowest BCUT2D eigenvalue weighted by Gasteiger charge is -2.09. The van der Waals surface area contributed by atoms with Crippen LogP contribution in [0, 0.1) is 12.3 Å². The highest BCUT2D eigenvalue weighted by Crippen LogP contribution is 2.39. The third-order valence-corrected chi connectivity index (χ3v) is 5.14. The topological polar surface area (TPSA) is 98.8 Å². The van der Waals surface area contributed by atoms with Crippen LogP contribution in [0.15, 0.2) is 41.4 Å². The molecular formula is C20H20N6OS. The van der Waals surface area contributed by atoms with Crippen molar-refractivity contribution in [3.8, 4) is 23.7 Å². The van der Waals surface area contributed by atoms with Crippen LogP contribution < -0.4 is 10.0 Å². The highest BCUT2D eigenvalue weighted by molar-refractivity contribution is 7.97. The molecule has 0 aliphatic heterocycles. The first kappa shape index (κ1) is 18.5. The Morgan fingerprint density at radius 1 is 1.32 bits per heavy atom. The van der Waals surface area contributed by atoms with Gasteiger partial charge < -0.3 is 10.4 Å². The van der Waals surface area contributed by atoms with Crippen molar-refractivity contribution in [1.29, 1.82) is 0 Å². The summed E-state index contributed by atoms with van der Waals surface area (Å²) >= 11 is 1.45. The number of hydrogen-bond donors (Lipinski definition) is 4. The van der Waals surface area contributed by atoms with Crippen LogP contribution in [-0.4, -0.2) is 38.4 Å². The van der Waals surface area contributed by atoms with E-state index in [0.29, 0.717) is 35.5 Å². The summed E-state index contributed by atoms with van der Waals surface area (Å²) in [6.45, 7) is 0.608. The molecule has 4 N–H and O–H groups in total. The number of aromatic nitrogens is 4. The van der Waals surface area contributed by atoms with Crippen molar-refractivity contribution < 1.29 is 5.11 Å². The van der Waals surface area contributed by atoms with E-state index < -0.39 is 0 Å². The molecule has 4 rings (SSSR count). The van der Waals surface area contributed by atoms with Gasteiger partial charge in [-0.2, -0.15) is 5.10 Å². The number of nitrogens with zero attached hydrogens (tertiary/aromatic N) is 3. The zero-order valence-corrected chi connectivity index (χ0v) is 16.0. The second-order valence-corrected chi connectivity index (χ2v) is 7.42. The van der Waals surface area contributed by atoms with Crippen molar-refractivity contribution in [2.75, 3.05) is 18.5 Å². The Labute approximate surface area is 167 Å². The standard InChI is InChI=1S/C20H20N6OS/c1-2-13-12-21-19(15-4-3-5-16(10-15)28-22-8-9-27)24-20(13)23-18-11-17(25-26-18)14-6-7-14/h1,3-5,10-12,14,22,27H,6-9H2,(H2,21,23,24,25,26). The van der Waals surface area contributed by atoms with Gasteiger partial charge in [-0.25, -0.2) is 9.97 Å². The number of anilines is 2. The number of benzene rings is 1. The summed E-state index contributed by atoms with van der Waals surface area (Å²) in [5.74, 6) is 5.03. The van der Waals surface area contributed by atoms with E-state index in [1.807, 2.05) is 30.3 Å². The molecule has 7 nitrogen and oxygen atoms in total. The third kappa shape index (κ3) is 4.34. The van der Waals surface area contributed by atoms with Gasteiger partial charge in [0, 0.05) is 40.9 Å². The molecule has 0 unspecified atom stereocenters. The van der Waals surface area contributed by atoms with E-state index in [2.05, 4.69) is 36.1 Å². The molecule has 8 heteroatoms. The van der Waals surface area contributed by atoms with Crippen LogP contribution in [-0.2, 0) is 0 Å². The summed E-state index contributed by atoms with van der Waals surface area (Å²) in [5.41, 5.74) is 2.59. The summed E-state index contributed by atoms with van der Waals surface area (Å²) in [6.07, 6.45) is 9.67. The Kier molecular flexibility index (Phi) is 5.58. The molecule has 1 aromatic carbocycles. The zero-order chi connectivity index (χ0) is 19.3. The molecule has 3 aromatic rings. The largest absolute Gasteiger partial charge is 0.395 e. The molecule has 0 amide bonds. The monoisotopic (exact) mass is 392 g/mol. The third-order valence-electron chi connectivity index (χ3n) is 4.30. The molecule has 0 radical (unpaired) electrons. The number of hydrogen-bond acceptors (Lipinski definition) is 7. The highest BCUT2D eigenvalue weighted by atomic mass is 32.2. The fraction of sp³-hybridized carbons (Fsp3) is 0.250.